The molecule has 0 saturated carbocycles. The molecule has 0 aliphatic rings. The average molecular weight is 284 g/mol. The zero-order valence-corrected chi connectivity index (χ0v) is 12.4. The number of nitrogens with one attached hydrogen (secondary N) is 1. The van der Waals surface area contributed by atoms with E-state index in [0.717, 1.165) is 12.2 Å². The molecular formula is C17H20N2O2. The van der Waals surface area contributed by atoms with Crippen LogP contribution in [-0.2, 0) is 4.74 Å². The van der Waals surface area contributed by atoms with Crippen molar-refractivity contribution in [2.75, 3.05) is 11.9 Å². The number of esters is 1. The summed E-state index contributed by atoms with van der Waals surface area (Å²) in [5.74, 6) is 0.408. The number of ether oxygens (including phenoxy) is 1. The van der Waals surface area contributed by atoms with Crippen LogP contribution < -0.4 is 5.32 Å². The van der Waals surface area contributed by atoms with Gasteiger partial charge >= 0.3 is 5.97 Å². The second kappa shape index (κ2) is 7.43. The predicted octanol–water partition coefficient (Wildman–Crippen LogP) is 3.82. The van der Waals surface area contributed by atoms with Crippen LogP contribution >= 0.6 is 0 Å². The van der Waals surface area contributed by atoms with E-state index in [4.69, 9.17) is 4.74 Å². The summed E-state index contributed by atoms with van der Waals surface area (Å²) in [5, 5.41) is 3.38. The molecule has 0 spiro atoms. The standard InChI is InChI=1S/C17H20N2O2/c1-3-15(13-8-6-5-7-9-13)19-16-11-10-14(12-18-16)17(20)21-4-2/h5-12,15H,3-4H2,1-2H3,(H,18,19). The minimum absolute atomic E-state index is 0.201. The predicted molar refractivity (Wildman–Crippen MR) is 83.3 cm³/mol. The quantitative estimate of drug-likeness (QED) is 0.819. The number of aromatic nitrogens is 1. The Morgan fingerprint density at radius 2 is 1.95 bits per heavy atom. The Labute approximate surface area is 125 Å². The van der Waals surface area contributed by atoms with Gasteiger partial charge in [0.2, 0.25) is 0 Å². The molecular weight excluding hydrogens is 264 g/mol. The number of carbonyl (C=O) groups excluding carboxylic acids is 1. The molecule has 4 heteroatoms. The van der Waals surface area contributed by atoms with Crippen LogP contribution in [0.3, 0.4) is 0 Å². The van der Waals surface area contributed by atoms with Crippen molar-refractivity contribution in [1.29, 1.82) is 0 Å². The molecule has 1 unspecified atom stereocenters. The Morgan fingerprint density at radius 3 is 2.52 bits per heavy atom. The number of carbonyl (C=O) groups is 1. The molecule has 0 radical (unpaired) electrons. The Hall–Kier alpha value is -2.36. The molecule has 0 fully saturated rings. The Kier molecular flexibility index (Phi) is 5.32. The third-order valence-corrected chi connectivity index (χ3v) is 3.21. The van der Waals surface area contributed by atoms with Crippen LogP contribution in [0.2, 0.25) is 0 Å². The number of hydrogen-bond donors (Lipinski definition) is 1. The molecule has 0 aliphatic heterocycles. The normalized spacial score (nSPS) is 11.7. The van der Waals surface area contributed by atoms with Gasteiger partial charge in [-0.2, -0.15) is 0 Å². The lowest BCUT2D eigenvalue weighted by Crippen LogP contribution is -2.11. The topological polar surface area (TPSA) is 51.2 Å². The van der Waals surface area contributed by atoms with Gasteiger partial charge in [0.05, 0.1) is 18.2 Å². The van der Waals surface area contributed by atoms with E-state index in [0.29, 0.717) is 12.2 Å². The molecule has 1 heterocycles. The average Bonchev–Trinajstić information content (AvgIpc) is 2.54. The van der Waals surface area contributed by atoms with Crippen LogP contribution in [0.5, 0.6) is 0 Å². The van der Waals surface area contributed by atoms with Crippen molar-refractivity contribution in [3.63, 3.8) is 0 Å². The first kappa shape index (κ1) is 15.0. The van der Waals surface area contributed by atoms with Gasteiger partial charge in [-0.25, -0.2) is 9.78 Å². The number of rotatable bonds is 6. The van der Waals surface area contributed by atoms with Crippen LogP contribution in [0.25, 0.3) is 0 Å². The minimum Gasteiger partial charge on any atom is -0.462 e. The van der Waals surface area contributed by atoms with Crippen molar-refractivity contribution in [2.24, 2.45) is 0 Å². The molecule has 4 nitrogen and oxygen atoms in total. The lowest BCUT2D eigenvalue weighted by molar-refractivity contribution is 0.0526. The fraction of sp³-hybridized carbons (Fsp3) is 0.294. The summed E-state index contributed by atoms with van der Waals surface area (Å²) in [4.78, 5) is 15.9. The summed E-state index contributed by atoms with van der Waals surface area (Å²) in [5.41, 5.74) is 1.69. The molecule has 110 valence electrons. The van der Waals surface area contributed by atoms with Gasteiger partial charge in [-0.1, -0.05) is 37.3 Å². The van der Waals surface area contributed by atoms with Crippen molar-refractivity contribution in [3.05, 3.63) is 59.8 Å². The number of nitrogens with zero attached hydrogens (tertiary/aromatic N) is 1. The maximum Gasteiger partial charge on any atom is 0.339 e. The van der Waals surface area contributed by atoms with Gasteiger partial charge in [-0.15, -0.1) is 0 Å². The highest BCUT2D eigenvalue weighted by Crippen LogP contribution is 2.21. The molecule has 0 amide bonds. The SMILES string of the molecule is CCOC(=O)c1ccc(NC(CC)c2ccccc2)nc1. The summed E-state index contributed by atoms with van der Waals surface area (Å²) in [6, 6.07) is 14.0. The maximum absolute atomic E-state index is 11.6. The highest BCUT2D eigenvalue weighted by molar-refractivity contribution is 5.89. The lowest BCUT2D eigenvalue weighted by atomic mass is 10.0. The molecule has 1 N–H and O–H groups in total. The van der Waals surface area contributed by atoms with Crippen molar-refractivity contribution in [1.82, 2.24) is 4.98 Å². The van der Waals surface area contributed by atoms with Gasteiger partial charge in [0.1, 0.15) is 5.82 Å². The third kappa shape index (κ3) is 4.05. The molecule has 2 rings (SSSR count). The number of hydrogen-bond acceptors (Lipinski definition) is 4. The van der Waals surface area contributed by atoms with Gasteiger partial charge in [0.25, 0.3) is 0 Å². The summed E-state index contributed by atoms with van der Waals surface area (Å²) < 4.78 is 4.94. The second-order valence-electron chi connectivity index (χ2n) is 4.67. The zero-order chi connectivity index (χ0) is 15.1. The summed E-state index contributed by atoms with van der Waals surface area (Å²) in [6.07, 6.45) is 2.49. The molecule has 1 atom stereocenters. The Balaban J connectivity index is 2.07. The first-order chi connectivity index (χ1) is 10.2. The smallest absolute Gasteiger partial charge is 0.339 e. The summed E-state index contributed by atoms with van der Waals surface area (Å²) >= 11 is 0. The summed E-state index contributed by atoms with van der Waals surface area (Å²) in [7, 11) is 0. The van der Waals surface area contributed by atoms with Crippen LogP contribution in [0.1, 0.15) is 42.2 Å². The zero-order valence-electron chi connectivity index (χ0n) is 12.4. The van der Waals surface area contributed by atoms with Gasteiger partial charge in [-0.05, 0) is 31.0 Å². The lowest BCUT2D eigenvalue weighted by Gasteiger charge is -2.18. The van der Waals surface area contributed by atoms with Crippen LogP contribution in [0.15, 0.2) is 48.7 Å². The van der Waals surface area contributed by atoms with E-state index < -0.39 is 0 Å². The van der Waals surface area contributed by atoms with E-state index >= 15 is 0 Å². The minimum atomic E-state index is -0.341. The van der Waals surface area contributed by atoms with Crippen LogP contribution in [0.4, 0.5) is 5.82 Å². The largest absolute Gasteiger partial charge is 0.462 e. The first-order valence-electron chi connectivity index (χ1n) is 7.19. The van der Waals surface area contributed by atoms with E-state index in [2.05, 4.69) is 29.4 Å². The molecule has 0 bridgehead atoms. The van der Waals surface area contributed by atoms with Gasteiger partial charge in [-0.3, -0.25) is 0 Å². The fourth-order valence-corrected chi connectivity index (χ4v) is 2.10. The highest BCUT2D eigenvalue weighted by Gasteiger charge is 2.10. The molecule has 1 aromatic carbocycles. The highest BCUT2D eigenvalue weighted by atomic mass is 16.5. The Bertz CT molecular complexity index is 567. The molecule has 0 saturated heterocycles. The second-order valence-corrected chi connectivity index (χ2v) is 4.67. The van der Waals surface area contributed by atoms with Crippen molar-refractivity contribution >= 4 is 11.8 Å². The van der Waals surface area contributed by atoms with Gasteiger partial charge in [0.15, 0.2) is 0 Å². The van der Waals surface area contributed by atoms with Gasteiger partial charge in [0, 0.05) is 6.20 Å². The third-order valence-electron chi connectivity index (χ3n) is 3.21. The van der Waals surface area contributed by atoms with E-state index in [1.54, 1.807) is 19.1 Å². The van der Waals surface area contributed by atoms with E-state index in [1.165, 1.54) is 11.8 Å². The van der Waals surface area contributed by atoms with Crippen molar-refractivity contribution in [3.8, 4) is 0 Å². The first-order valence-corrected chi connectivity index (χ1v) is 7.19. The van der Waals surface area contributed by atoms with E-state index in [1.807, 2.05) is 18.2 Å². The van der Waals surface area contributed by atoms with Crippen molar-refractivity contribution in [2.45, 2.75) is 26.3 Å². The fourth-order valence-electron chi connectivity index (χ4n) is 2.10. The van der Waals surface area contributed by atoms with Crippen molar-refractivity contribution < 1.29 is 9.53 Å². The Morgan fingerprint density at radius 1 is 1.19 bits per heavy atom. The number of benzene rings is 1. The van der Waals surface area contributed by atoms with Crippen LogP contribution in [-0.4, -0.2) is 17.6 Å². The van der Waals surface area contributed by atoms with E-state index in [-0.39, 0.29) is 12.0 Å². The molecule has 1 aromatic heterocycles. The maximum atomic E-state index is 11.6. The molecule has 0 aliphatic carbocycles. The van der Waals surface area contributed by atoms with E-state index in [9.17, 15) is 4.79 Å². The summed E-state index contributed by atoms with van der Waals surface area (Å²) in [6.45, 7) is 4.27. The van der Waals surface area contributed by atoms with Gasteiger partial charge < -0.3 is 10.1 Å². The number of anilines is 1. The monoisotopic (exact) mass is 284 g/mol. The number of pyridine rings is 1. The molecule has 21 heavy (non-hydrogen) atoms. The molecule has 2 aromatic rings. The van der Waals surface area contributed by atoms with Crippen LogP contribution in [0, 0.1) is 0 Å².